The molecule has 0 unspecified atom stereocenters. The summed E-state index contributed by atoms with van der Waals surface area (Å²) in [4.78, 5) is 24.5. The van der Waals surface area contributed by atoms with Gasteiger partial charge in [-0.25, -0.2) is 0 Å². The molecule has 0 fully saturated rings. The van der Waals surface area contributed by atoms with Crippen molar-refractivity contribution in [2.75, 3.05) is 47.0 Å². The first kappa shape index (κ1) is 15.9. The average molecular weight is 246 g/mol. The fraction of sp³-hybridized carbons (Fsp3) is 0.818. The summed E-state index contributed by atoms with van der Waals surface area (Å²) in [6, 6.07) is 0. The van der Waals surface area contributed by atoms with Crippen LogP contribution < -0.4 is 5.32 Å². The number of nitrogens with zero attached hydrogens (tertiary/aromatic N) is 1. The molecular weight excluding hydrogens is 224 g/mol. The molecule has 6 heteroatoms. The van der Waals surface area contributed by atoms with E-state index in [1.165, 1.54) is 4.90 Å². The summed E-state index contributed by atoms with van der Waals surface area (Å²) < 4.78 is 9.72. The molecule has 0 heterocycles. The van der Waals surface area contributed by atoms with Crippen molar-refractivity contribution in [1.82, 2.24) is 10.2 Å². The second-order valence-electron chi connectivity index (χ2n) is 3.47. The molecule has 0 aliphatic carbocycles. The average Bonchev–Trinajstić information content (AvgIpc) is 2.31. The molecule has 0 spiro atoms. The molecule has 0 bridgehead atoms. The molecule has 0 aliphatic rings. The van der Waals surface area contributed by atoms with Gasteiger partial charge in [-0.05, 0) is 14.0 Å². The molecule has 0 saturated carbocycles. The van der Waals surface area contributed by atoms with E-state index < -0.39 is 0 Å². The number of esters is 1. The maximum atomic E-state index is 11.8. The van der Waals surface area contributed by atoms with E-state index in [-0.39, 0.29) is 18.4 Å². The van der Waals surface area contributed by atoms with Crippen molar-refractivity contribution in [2.24, 2.45) is 0 Å². The summed E-state index contributed by atoms with van der Waals surface area (Å²) >= 11 is 0. The van der Waals surface area contributed by atoms with Crippen LogP contribution in [0.4, 0.5) is 0 Å². The molecule has 0 aromatic carbocycles. The number of hydrogen-bond donors (Lipinski definition) is 1. The Morgan fingerprint density at radius 2 is 2.06 bits per heavy atom. The fourth-order valence-corrected chi connectivity index (χ4v) is 1.25. The highest BCUT2D eigenvalue weighted by Crippen LogP contribution is 1.96. The highest BCUT2D eigenvalue weighted by atomic mass is 16.5. The van der Waals surface area contributed by atoms with Crippen LogP contribution >= 0.6 is 0 Å². The minimum absolute atomic E-state index is 0.0141. The Balaban J connectivity index is 4.20. The van der Waals surface area contributed by atoms with Crippen LogP contribution in [0.1, 0.15) is 13.3 Å². The van der Waals surface area contributed by atoms with Gasteiger partial charge in [0.05, 0.1) is 13.2 Å². The normalized spacial score (nSPS) is 10.1. The monoisotopic (exact) mass is 246 g/mol. The summed E-state index contributed by atoms with van der Waals surface area (Å²) in [7, 11) is 3.33. The fourth-order valence-electron chi connectivity index (χ4n) is 1.25. The van der Waals surface area contributed by atoms with Crippen LogP contribution in [0.25, 0.3) is 0 Å². The van der Waals surface area contributed by atoms with Crippen molar-refractivity contribution in [3.63, 3.8) is 0 Å². The summed E-state index contributed by atoms with van der Waals surface area (Å²) in [5, 5.41) is 2.89. The van der Waals surface area contributed by atoms with Gasteiger partial charge in [0, 0.05) is 26.6 Å². The third-order valence-electron chi connectivity index (χ3n) is 2.13. The van der Waals surface area contributed by atoms with Crippen molar-refractivity contribution in [3.05, 3.63) is 0 Å². The van der Waals surface area contributed by atoms with E-state index in [0.717, 1.165) is 0 Å². The Bertz CT molecular complexity index is 234. The van der Waals surface area contributed by atoms with Gasteiger partial charge in [-0.1, -0.05) is 0 Å². The lowest BCUT2D eigenvalue weighted by atomic mass is 10.3. The number of hydrogen-bond acceptors (Lipinski definition) is 5. The molecule has 6 nitrogen and oxygen atoms in total. The van der Waals surface area contributed by atoms with E-state index >= 15 is 0 Å². The van der Waals surface area contributed by atoms with Gasteiger partial charge in [-0.3, -0.25) is 9.59 Å². The molecule has 0 atom stereocenters. The molecular formula is C11H22N2O4. The van der Waals surface area contributed by atoms with Gasteiger partial charge < -0.3 is 19.7 Å². The third kappa shape index (κ3) is 7.70. The lowest BCUT2D eigenvalue weighted by molar-refractivity contribution is -0.149. The van der Waals surface area contributed by atoms with Crippen molar-refractivity contribution >= 4 is 11.9 Å². The first-order valence-corrected chi connectivity index (χ1v) is 5.72. The summed E-state index contributed by atoms with van der Waals surface area (Å²) in [6.07, 6.45) is 0.361. The number of nitrogens with one attached hydrogen (secondary N) is 1. The molecule has 0 saturated heterocycles. The Morgan fingerprint density at radius 1 is 1.35 bits per heavy atom. The lowest BCUT2D eigenvalue weighted by Crippen LogP contribution is -2.39. The maximum absolute atomic E-state index is 11.8. The zero-order valence-corrected chi connectivity index (χ0v) is 10.8. The van der Waals surface area contributed by atoms with E-state index in [9.17, 15) is 9.59 Å². The zero-order valence-electron chi connectivity index (χ0n) is 10.8. The van der Waals surface area contributed by atoms with Gasteiger partial charge in [-0.15, -0.1) is 0 Å². The third-order valence-corrected chi connectivity index (χ3v) is 2.13. The van der Waals surface area contributed by atoms with E-state index in [0.29, 0.717) is 32.7 Å². The highest BCUT2D eigenvalue weighted by Gasteiger charge is 2.16. The molecule has 0 aromatic heterocycles. The van der Waals surface area contributed by atoms with Crippen molar-refractivity contribution in [3.8, 4) is 0 Å². The van der Waals surface area contributed by atoms with Gasteiger partial charge in [0.2, 0.25) is 5.91 Å². The molecule has 0 aromatic rings. The van der Waals surface area contributed by atoms with E-state index in [2.05, 4.69) is 5.32 Å². The molecule has 1 N–H and O–H groups in total. The van der Waals surface area contributed by atoms with E-state index in [1.807, 2.05) is 0 Å². The largest absolute Gasteiger partial charge is 0.465 e. The number of amides is 1. The highest BCUT2D eigenvalue weighted by molar-refractivity contribution is 5.82. The smallest absolute Gasteiger partial charge is 0.325 e. The molecule has 17 heavy (non-hydrogen) atoms. The SMILES string of the molecule is CCOC(=O)CN(CCOC)C(=O)CCNC. The Morgan fingerprint density at radius 3 is 2.59 bits per heavy atom. The standard InChI is InChI=1S/C11H22N2O4/c1-4-17-11(15)9-13(7-8-16-3)10(14)5-6-12-2/h12H,4-9H2,1-3H3. The van der Waals surface area contributed by atoms with Gasteiger partial charge >= 0.3 is 5.97 Å². The van der Waals surface area contributed by atoms with Crippen LogP contribution in [-0.4, -0.2) is 63.8 Å². The molecule has 0 rings (SSSR count). The summed E-state index contributed by atoms with van der Waals surface area (Å²) in [5.74, 6) is -0.467. The van der Waals surface area contributed by atoms with Crippen molar-refractivity contribution in [2.45, 2.75) is 13.3 Å². The first-order valence-electron chi connectivity index (χ1n) is 5.72. The van der Waals surface area contributed by atoms with Gasteiger partial charge in [0.1, 0.15) is 6.54 Å². The van der Waals surface area contributed by atoms with Gasteiger partial charge in [-0.2, -0.15) is 0 Å². The van der Waals surface area contributed by atoms with Gasteiger partial charge in [0.25, 0.3) is 0 Å². The lowest BCUT2D eigenvalue weighted by Gasteiger charge is -2.21. The van der Waals surface area contributed by atoms with Gasteiger partial charge in [0.15, 0.2) is 0 Å². The molecule has 0 radical (unpaired) electrons. The van der Waals surface area contributed by atoms with E-state index in [4.69, 9.17) is 9.47 Å². The topological polar surface area (TPSA) is 67.9 Å². The summed E-state index contributed by atoms with van der Waals surface area (Å²) in [6.45, 7) is 3.44. The second-order valence-corrected chi connectivity index (χ2v) is 3.47. The van der Waals surface area contributed by atoms with Crippen molar-refractivity contribution < 1.29 is 19.1 Å². The first-order chi connectivity index (χ1) is 8.15. The minimum Gasteiger partial charge on any atom is -0.465 e. The quantitative estimate of drug-likeness (QED) is 0.562. The maximum Gasteiger partial charge on any atom is 0.325 e. The number of rotatable bonds is 9. The second kappa shape index (κ2) is 10.0. The van der Waals surface area contributed by atoms with Crippen LogP contribution in [0.5, 0.6) is 0 Å². The van der Waals surface area contributed by atoms with Crippen molar-refractivity contribution in [1.29, 1.82) is 0 Å². The van der Waals surface area contributed by atoms with Crippen LogP contribution in [0.15, 0.2) is 0 Å². The minimum atomic E-state index is -0.388. The van der Waals surface area contributed by atoms with E-state index in [1.54, 1.807) is 21.1 Å². The zero-order chi connectivity index (χ0) is 13.1. The van der Waals surface area contributed by atoms with Crippen LogP contribution in [0, 0.1) is 0 Å². The number of carbonyl (C=O) groups is 2. The Hall–Kier alpha value is -1.14. The number of ether oxygens (including phenoxy) is 2. The van der Waals surface area contributed by atoms with Crippen LogP contribution in [0.3, 0.4) is 0 Å². The predicted molar refractivity (Wildman–Crippen MR) is 63.6 cm³/mol. The number of carbonyl (C=O) groups excluding carboxylic acids is 2. The Kier molecular flexibility index (Phi) is 9.37. The molecule has 1 amide bonds. The molecule has 0 aliphatic heterocycles. The summed E-state index contributed by atoms with van der Waals surface area (Å²) in [5.41, 5.74) is 0. The predicted octanol–water partition coefficient (Wildman–Crippen LogP) is -0.366. The number of methoxy groups -OCH3 is 1. The van der Waals surface area contributed by atoms with Crippen LogP contribution in [0.2, 0.25) is 0 Å². The van der Waals surface area contributed by atoms with Crippen LogP contribution in [-0.2, 0) is 19.1 Å². The Labute approximate surface area is 102 Å². The molecule has 100 valence electrons.